The molecule has 1 aliphatic rings. The Morgan fingerprint density at radius 3 is 2.68 bits per heavy atom. The standard InChI is InChI=1S/C14H20FN3O3S/c1-2-9-22(20,21)18-8-7-13(10-18)17-14(19)16-12-5-3-11(15)4-6-12/h3-6,13H,2,7-10H2,1H3,(H2,16,17,19)/t13-/m1/s1. The Labute approximate surface area is 129 Å². The van der Waals surface area contributed by atoms with Gasteiger partial charge in [-0.3, -0.25) is 0 Å². The Balaban J connectivity index is 1.85. The van der Waals surface area contributed by atoms with Crippen LogP contribution in [0.5, 0.6) is 0 Å². The molecular weight excluding hydrogens is 309 g/mol. The number of nitrogens with zero attached hydrogens (tertiary/aromatic N) is 1. The number of nitrogens with one attached hydrogen (secondary N) is 2. The molecule has 122 valence electrons. The van der Waals surface area contributed by atoms with Gasteiger partial charge in [-0.15, -0.1) is 0 Å². The number of amides is 2. The van der Waals surface area contributed by atoms with Crippen LogP contribution in [0, 0.1) is 5.82 Å². The minimum absolute atomic E-state index is 0.126. The zero-order chi connectivity index (χ0) is 16.2. The van der Waals surface area contributed by atoms with E-state index in [9.17, 15) is 17.6 Å². The summed E-state index contributed by atoms with van der Waals surface area (Å²) in [6, 6.07) is 4.79. The molecule has 2 rings (SSSR count). The summed E-state index contributed by atoms with van der Waals surface area (Å²) >= 11 is 0. The van der Waals surface area contributed by atoms with Gasteiger partial charge in [-0.1, -0.05) is 6.92 Å². The number of hydrogen-bond donors (Lipinski definition) is 2. The van der Waals surface area contributed by atoms with E-state index in [-0.39, 0.29) is 17.6 Å². The minimum atomic E-state index is -3.22. The molecule has 0 spiro atoms. The Hall–Kier alpha value is -1.67. The van der Waals surface area contributed by atoms with Crippen molar-refractivity contribution in [3.05, 3.63) is 30.1 Å². The molecular formula is C14H20FN3O3S. The van der Waals surface area contributed by atoms with Gasteiger partial charge < -0.3 is 10.6 Å². The number of halogens is 1. The Morgan fingerprint density at radius 1 is 1.36 bits per heavy atom. The van der Waals surface area contributed by atoms with Gasteiger partial charge in [0.2, 0.25) is 10.0 Å². The number of urea groups is 1. The van der Waals surface area contributed by atoms with E-state index in [1.54, 1.807) is 0 Å². The SMILES string of the molecule is CCCS(=O)(=O)N1CC[C@@H](NC(=O)Nc2ccc(F)cc2)C1. The molecule has 0 saturated carbocycles. The van der Waals surface area contributed by atoms with E-state index >= 15 is 0 Å². The van der Waals surface area contributed by atoms with Gasteiger partial charge in [0.25, 0.3) is 0 Å². The van der Waals surface area contributed by atoms with E-state index in [4.69, 9.17) is 0 Å². The van der Waals surface area contributed by atoms with Gasteiger partial charge in [-0.05, 0) is 37.1 Å². The highest BCUT2D eigenvalue weighted by atomic mass is 32.2. The van der Waals surface area contributed by atoms with Crippen molar-refractivity contribution >= 4 is 21.7 Å². The van der Waals surface area contributed by atoms with Gasteiger partial charge in [0.1, 0.15) is 5.82 Å². The van der Waals surface area contributed by atoms with E-state index in [0.717, 1.165) is 0 Å². The fourth-order valence-corrected chi connectivity index (χ4v) is 3.94. The van der Waals surface area contributed by atoms with Crippen molar-refractivity contribution in [1.82, 2.24) is 9.62 Å². The van der Waals surface area contributed by atoms with E-state index < -0.39 is 16.1 Å². The van der Waals surface area contributed by atoms with Crippen LogP contribution in [0.4, 0.5) is 14.9 Å². The maximum Gasteiger partial charge on any atom is 0.319 e. The zero-order valence-electron chi connectivity index (χ0n) is 12.4. The molecule has 6 nitrogen and oxygen atoms in total. The highest BCUT2D eigenvalue weighted by Crippen LogP contribution is 2.15. The van der Waals surface area contributed by atoms with Crippen LogP contribution < -0.4 is 10.6 Å². The molecule has 1 aliphatic heterocycles. The van der Waals surface area contributed by atoms with Gasteiger partial charge >= 0.3 is 6.03 Å². The van der Waals surface area contributed by atoms with Gasteiger partial charge in [0.05, 0.1) is 5.75 Å². The summed E-state index contributed by atoms with van der Waals surface area (Å²) < 4.78 is 38.1. The number of rotatable bonds is 5. The first-order chi connectivity index (χ1) is 10.4. The fourth-order valence-electron chi connectivity index (χ4n) is 2.37. The van der Waals surface area contributed by atoms with Crippen LogP contribution in [0.25, 0.3) is 0 Å². The van der Waals surface area contributed by atoms with Crippen molar-refractivity contribution in [3.63, 3.8) is 0 Å². The van der Waals surface area contributed by atoms with E-state index in [1.807, 2.05) is 6.92 Å². The number of hydrogen-bond acceptors (Lipinski definition) is 3. The second kappa shape index (κ2) is 7.06. The summed E-state index contributed by atoms with van der Waals surface area (Å²) in [5, 5.41) is 5.33. The van der Waals surface area contributed by atoms with Gasteiger partial charge in [-0.25, -0.2) is 17.6 Å². The molecule has 0 radical (unpaired) electrons. The van der Waals surface area contributed by atoms with E-state index in [1.165, 1.54) is 28.6 Å². The largest absolute Gasteiger partial charge is 0.334 e. The second-order valence-electron chi connectivity index (χ2n) is 5.26. The predicted octanol–water partition coefficient (Wildman–Crippen LogP) is 1.76. The number of carbonyl (C=O) groups is 1. The number of sulfonamides is 1. The van der Waals surface area contributed by atoms with Crippen LogP contribution in [0.1, 0.15) is 19.8 Å². The quantitative estimate of drug-likeness (QED) is 0.864. The Morgan fingerprint density at radius 2 is 2.05 bits per heavy atom. The summed E-state index contributed by atoms with van der Waals surface area (Å²) in [5.74, 6) is -0.250. The van der Waals surface area contributed by atoms with E-state index in [2.05, 4.69) is 10.6 Å². The topological polar surface area (TPSA) is 78.5 Å². The van der Waals surface area contributed by atoms with Crippen molar-refractivity contribution in [2.75, 3.05) is 24.2 Å². The molecule has 2 amide bonds. The molecule has 1 heterocycles. The second-order valence-corrected chi connectivity index (χ2v) is 7.35. The molecule has 1 fully saturated rings. The average molecular weight is 329 g/mol. The molecule has 0 aliphatic carbocycles. The smallest absolute Gasteiger partial charge is 0.319 e. The lowest BCUT2D eigenvalue weighted by atomic mass is 10.3. The first kappa shape index (κ1) is 16.7. The third-order valence-electron chi connectivity index (χ3n) is 3.44. The molecule has 0 aromatic heterocycles. The maximum atomic E-state index is 12.8. The summed E-state index contributed by atoms with van der Waals surface area (Å²) in [6.07, 6.45) is 1.15. The van der Waals surface area contributed by atoms with Gasteiger partial charge in [0.15, 0.2) is 0 Å². The Kier molecular flexibility index (Phi) is 5.36. The number of benzene rings is 1. The van der Waals surface area contributed by atoms with E-state index in [0.29, 0.717) is 31.6 Å². The summed E-state index contributed by atoms with van der Waals surface area (Å²) in [5.41, 5.74) is 0.479. The third kappa shape index (κ3) is 4.41. The molecule has 1 aromatic rings. The van der Waals surface area contributed by atoms with Crippen molar-refractivity contribution in [1.29, 1.82) is 0 Å². The number of carbonyl (C=O) groups excluding carboxylic acids is 1. The lowest BCUT2D eigenvalue weighted by Crippen LogP contribution is -2.41. The van der Waals surface area contributed by atoms with Gasteiger partial charge in [-0.2, -0.15) is 4.31 Å². The van der Waals surface area contributed by atoms with Gasteiger partial charge in [0, 0.05) is 24.8 Å². The molecule has 1 aromatic carbocycles. The minimum Gasteiger partial charge on any atom is -0.334 e. The average Bonchev–Trinajstić information content (AvgIpc) is 2.90. The van der Waals surface area contributed by atoms with Crippen LogP contribution in [0.15, 0.2) is 24.3 Å². The monoisotopic (exact) mass is 329 g/mol. The molecule has 0 bridgehead atoms. The van der Waals surface area contributed by atoms with Crippen LogP contribution in [-0.2, 0) is 10.0 Å². The molecule has 2 N–H and O–H groups in total. The fraction of sp³-hybridized carbons (Fsp3) is 0.500. The maximum absolute atomic E-state index is 12.8. The highest BCUT2D eigenvalue weighted by molar-refractivity contribution is 7.89. The first-order valence-electron chi connectivity index (χ1n) is 7.21. The van der Waals surface area contributed by atoms with Crippen molar-refractivity contribution in [2.45, 2.75) is 25.8 Å². The Bertz CT molecular complexity index is 619. The van der Waals surface area contributed by atoms with Crippen molar-refractivity contribution < 1.29 is 17.6 Å². The van der Waals surface area contributed by atoms with Crippen LogP contribution >= 0.6 is 0 Å². The first-order valence-corrected chi connectivity index (χ1v) is 8.82. The summed E-state index contributed by atoms with van der Waals surface area (Å²) in [4.78, 5) is 11.9. The zero-order valence-corrected chi connectivity index (χ0v) is 13.2. The number of anilines is 1. The predicted molar refractivity (Wildman–Crippen MR) is 82.6 cm³/mol. The molecule has 1 atom stereocenters. The molecule has 0 unspecified atom stereocenters. The third-order valence-corrected chi connectivity index (χ3v) is 5.49. The van der Waals surface area contributed by atoms with Crippen LogP contribution in [-0.4, -0.2) is 43.6 Å². The lowest BCUT2D eigenvalue weighted by Gasteiger charge is -2.17. The van der Waals surface area contributed by atoms with Crippen LogP contribution in [0.3, 0.4) is 0 Å². The summed E-state index contributed by atoms with van der Waals surface area (Å²) in [6.45, 7) is 2.53. The normalized spacial score (nSPS) is 19.1. The molecule has 22 heavy (non-hydrogen) atoms. The lowest BCUT2D eigenvalue weighted by molar-refractivity contribution is 0.248. The van der Waals surface area contributed by atoms with Crippen molar-refractivity contribution in [2.24, 2.45) is 0 Å². The summed E-state index contributed by atoms with van der Waals surface area (Å²) in [7, 11) is -3.22. The van der Waals surface area contributed by atoms with Crippen molar-refractivity contribution in [3.8, 4) is 0 Å². The molecule has 1 saturated heterocycles. The highest BCUT2D eigenvalue weighted by Gasteiger charge is 2.31. The molecule has 8 heteroatoms. The van der Waals surface area contributed by atoms with Crippen LogP contribution in [0.2, 0.25) is 0 Å².